The van der Waals surface area contributed by atoms with E-state index in [1.165, 1.54) is 0 Å². The molecule has 0 unspecified atom stereocenters. The predicted molar refractivity (Wildman–Crippen MR) is 89.9 cm³/mol. The first-order valence-electron chi connectivity index (χ1n) is 7.35. The Labute approximate surface area is 139 Å². The monoisotopic (exact) mass is 331 g/mol. The largest absolute Gasteiger partial charge is 0.692 e. The van der Waals surface area contributed by atoms with E-state index in [1.54, 1.807) is 30.3 Å². The van der Waals surface area contributed by atoms with Crippen molar-refractivity contribution < 1.29 is 9.95 Å². The molecule has 23 heavy (non-hydrogen) atoms. The van der Waals surface area contributed by atoms with Gasteiger partial charge in [-0.25, -0.2) is 0 Å². The maximum atomic E-state index is 12.5. The number of hydrogen-bond acceptors (Lipinski definition) is 3. The van der Waals surface area contributed by atoms with Gasteiger partial charge in [0.1, 0.15) is 5.75 Å². The number of benzene rings is 2. The number of hydrogen-bond donors (Lipinski definition) is 1. The number of aromatic hydroxyl groups is 1. The van der Waals surface area contributed by atoms with Gasteiger partial charge >= 0.3 is 0 Å². The van der Waals surface area contributed by atoms with Crippen LogP contribution < -0.4 is 4.85 Å². The Hall–Kier alpha value is -2.27. The summed E-state index contributed by atoms with van der Waals surface area (Å²) in [7, 11) is 0. The van der Waals surface area contributed by atoms with E-state index >= 15 is 0 Å². The Kier molecular flexibility index (Phi) is 3.68. The summed E-state index contributed by atoms with van der Waals surface area (Å²) in [5, 5.41) is 27.4. The minimum atomic E-state index is 0.00571. The van der Waals surface area contributed by atoms with Gasteiger partial charge in [0.05, 0.1) is 5.10 Å². The normalized spacial score (nSPS) is 12.0. The van der Waals surface area contributed by atoms with Gasteiger partial charge in [-0.15, -0.1) is 4.85 Å². The third kappa shape index (κ3) is 3.10. The molecule has 1 heterocycles. The summed E-state index contributed by atoms with van der Waals surface area (Å²) >= 11 is 5.95. The first kappa shape index (κ1) is 15.6. The molecule has 0 fully saturated rings. The van der Waals surface area contributed by atoms with Crippen LogP contribution in [0.25, 0.3) is 16.7 Å². The average Bonchev–Trinajstić information content (AvgIpc) is 2.76. The van der Waals surface area contributed by atoms with E-state index in [9.17, 15) is 10.3 Å². The lowest BCUT2D eigenvalue weighted by molar-refractivity contribution is -0.664. The summed E-state index contributed by atoms with van der Waals surface area (Å²) in [5.41, 5.74) is 2.37. The lowest BCUT2D eigenvalue weighted by atomic mass is 9.88. The smallest absolute Gasteiger partial charge is 0.251 e. The van der Waals surface area contributed by atoms with Gasteiger partial charge in [-0.1, -0.05) is 38.4 Å². The van der Waals surface area contributed by atoms with E-state index < -0.39 is 0 Å². The molecule has 0 aliphatic carbocycles. The molecule has 3 rings (SSSR count). The summed E-state index contributed by atoms with van der Waals surface area (Å²) < 4.78 is 0. The van der Waals surface area contributed by atoms with Crippen LogP contribution in [0.15, 0.2) is 36.4 Å². The highest BCUT2D eigenvalue weighted by atomic mass is 35.5. The van der Waals surface area contributed by atoms with E-state index in [2.05, 4.69) is 25.9 Å². The van der Waals surface area contributed by atoms with Crippen molar-refractivity contribution in [2.24, 2.45) is 5.41 Å². The van der Waals surface area contributed by atoms with Gasteiger partial charge in [0, 0.05) is 11.1 Å². The van der Waals surface area contributed by atoms with E-state index in [0.717, 1.165) is 16.8 Å². The molecule has 2 aromatic carbocycles. The fourth-order valence-corrected chi connectivity index (χ4v) is 2.75. The zero-order valence-electron chi connectivity index (χ0n) is 13.2. The third-order valence-corrected chi connectivity index (χ3v) is 3.74. The van der Waals surface area contributed by atoms with Crippen molar-refractivity contribution in [3.05, 3.63) is 52.2 Å². The maximum absolute atomic E-state index is 12.5. The molecule has 0 radical (unpaired) electrons. The molecule has 0 saturated carbocycles. The highest BCUT2D eigenvalue weighted by Crippen LogP contribution is 2.27. The molecule has 3 aromatic rings. The van der Waals surface area contributed by atoms with Crippen LogP contribution in [0.3, 0.4) is 0 Å². The number of aromatic nitrogens is 3. The predicted octanol–water partition coefficient (Wildman–Crippen LogP) is 3.61. The van der Waals surface area contributed by atoms with Crippen LogP contribution in [0.4, 0.5) is 0 Å². The van der Waals surface area contributed by atoms with Crippen LogP contribution in [-0.2, 0) is 6.42 Å². The molecular weight excluding hydrogens is 314 g/mol. The fraction of sp³-hybridized carbons (Fsp3) is 0.294. The van der Waals surface area contributed by atoms with Crippen LogP contribution in [0.2, 0.25) is 5.02 Å². The molecule has 0 amide bonds. The number of fused-ring (bicyclic) bond motifs is 1. The van der Waals surface area contributed by atoms with Crippen molar-refractivity contribution in [3.8, 4) is 11.4 Å². The quantitative estimate of drug-likeness (QED) is 0.576. The van der Waals surface area contributed by atoms with E-state index in [-0.39, 0.29) is 11.2 Å². The van der Waals surface area contributed by atoms with Gasteiger partial charge in [-0.2, -0.15) is 0 Å². The molecule has 1 N–H and O–H groups in total. The number of nitrogens with zero attached hydrogens (tertiary/aromatic N) is 3. The summed E-state index contributed by atoms with van der Waals surface area (Å²) in [6.45, 7) is 6.41. The van der Waals surface area contributed by atoms with Crippen molar-refractivity contribution in [2.45, 2.75) is 27.2 Å². The SMILES string of the molecule is CC(C)(C)Cc1ccc(O)c(-n2nc3cc(Cl)ccc3[n+]2[O-])c1. The molecule has 120 valence electrons. The van der Waals surface area contributed by atoms with Crippen molar-refractivity contribution in [1.29, 1.82) is 0 Å². The second kappa shape index (κ2) is 5.42. The summed E-state index contributed by atoms with van der Waals surface area (Å²) in [4.78, 5) is 1.81. The number of halogens is 1. The van der Waals surface area contributed by atoms with Crippen molar-refractivity contribution in [2.75, 3.05) is 0 Å². The molecule has 6 heteroatoms. The molecule has 5 nitrogen and oxygen atoms in total. The van der Waals surface area contributed by atoms with Crippen LogP contribution in [0.5, 0.6) is 5.75 Å². The lowest BCUT2D eigenvalue weighted by Crippen LogP contribution is -2.37. The molecule has 0 saturated heterocycles. The van der Waals surface area contributed by atoms with Gasteiger partial charge in [-0.05, 0) is 46.5 Å². The Balaban J connectivity index is 2.14. The first-order chi connectivity index (χ1) is 10.7. The zero-order chi connectivity index (χ0) is 16.8. The Morgan fingerprint density at radius 1 is 1.22 bits per heavy atom. The van der Waals surface area contributed by atoms with E-state index in [4.69, 9.17) is 11.6 Å². The minimum Gasteiger partial charge on any atom is -0.692 e. The van der Waals surface area contributed by atoms with Gasteiger partial charge in [0.15, 0.2) is 5.69 Å². The van der Waals surface area contributed by atoms with Gasteiger partial charge in [0.2, 0.25) is 5.52 Å². The Morgan fingerprint density at radius 2 is 1.96 bits per heavy atom. The fourth-order valence-electron chi connectivity index (χ4n) is 2.59. The highest BCUT2D eigenvalue weighted by molar-refractivity contribution is 6.31. The van der Waals surface area contributed by atoms with Crippen molar-refractivity contribution in [1.82, 2.24) is 9.90 Å². The van der Waals surface area contributed by atoms with Gasteiger partial charge in [0.25, 0.3) is 5.52 Å². The average molecular weight is 332 g/mol. The van der Waals surface area contributed by atoms with Crippen LogP contribution >= 0.6 is 11.6 Å². The molecule has 0 spiro atoms. The lowest BCUT2D eigenvalue weighted by Gasteiger charge is -2.18. The van der Waals surface area contributed by atoms with E-state index in [1.807, 2.05) is 6.07 Å². The molecule has 0 atom stereocenters. The molecule has 0 bridgehead atoms. The number of rotatable bonds is 2. The summed E-state index contributed by atoms with van der Waals surface area (Å²) in [6.07, 6.45) is 0.825. The van der Waals surface area contributed by atoms with Crippen LogP contribution in [0.1, 0.15) is 26.3 Å². The summed E-state index contributed by atoms with van der Waals surface area (Å²) in [6, 6.07) is 10.1. The Morgan fingerprint density at radius 3 is 2.65 bits per heavy atom. The first-order valence-corrected chi connectivity index (χ1v) is 7.73. The van der Waals surface area contributed by atoms with Crippen LogP contribution in [-0.4, -0.2) is 15.0 Å². The number of phenols is 1. The van der Waals surface area contributed by atoms with Crippen molar-refractivity contribution >= 4 is 22.6 Å². The maximum Gasteiger partial charge on any atom is 0.251 e. The second-order valence-corrected chi connectivity index (χ2v) is 7.29. The molecule has 1 aromatic heterocycles. The highest BCUT2D eigenvalue weighted by Gasteiger charge is 2.20. The minimum absolute atomic E-state index is 0.00571. The second-order valence-electron chi connectivity index (χ2n) is 6.86. The molecular formula is C17H18ClN3O2. The zero-order valence-corrected chi connectivity index (χ0v) is 14.0. The van der Waals surface area contributed by atoms with Crippen molar-refractivity contribution in [3.63, 3.8) is 0 Å². The molecule has 0 aliphatic rings. The number of phenolic OH excluding ortho intramolecular Hbond substituents is 1. The van der Waals surface area contributed by atoms with E-state index in [0.29, 0.717) is 26.6 Å². The third-order valence-electron chi connectivity index (χ3n) is 3.51. The summed E-state index contributed by atoms with van der Waals surface area (Å²) in [5.74, 6) is 0.00571. The van der Waals surface area contributed by atoms with Gasteiger partial charge in [-0.3, -0.25) is 0 Å². The Bertz CT molecular complexity index is 881. The molecule has 0 aliphatic heterocycles. The standard InChI is InChI=1S/C17H18ClN3O2/c1-17(2,3)10-11-4-7-16(22)15(8-11)20-19-13-9-12(18)5-6-14(13)21(20)23/h4-9,22H,10H2,1-3H3. The topological polar surface area (TPSA) is 65.0 Å². The van der Waals surface area contributed by atoms with Gasteiger partial charge < -0.3 is 10.3 Å². The van der Waals surface area contributed by atoms with Crippen LogP contribution in [0, 0.1) is 10.6 Å².